The summed E-state index contributed by atoms with van der Waals surface area (Å²) in [6.45, 7) is 36.3. The normalized spacial score (nSPS) is 12.0. The Bertz CT molecular complexity index is 211. The first kappa shape index (κ1) is 43.2. The van der Waals surface area contributed by atoms with Gasteiger partial charge in [-0.15, -0.1) is 6.42 Å². The predicted octanol–water partition coefficient (Wildman–Crippen LogP) is 7.72. The minimum atomic E-state index is 0. The van der Waals surface area contributed by atoms with Crippen LogP contribution < -0.4 is 0 Å². The van der Waals surface area contributed by atoms with Crippen molar-refractivity contribution in [3.05, 3.63) is 41.5 Å². The first-order chi connectivity index (χ1) is 10.6. The Morgan fingerprint density at radius 2 is 0.885 bits per heavy atom. The third-order valence-electron chi connectivity index (χ3n) is 4.52. The van der Waals surface area contributed by atoms with Gasteiger partial charge in [0.15, 0.2) is 0 Å². The van der Waals surface area contributed by atoms with Gasteiger partial charge in [-0.2, -0.15) is 31.1 Å². The molecule has 0 spiro atoms. The summed E-state index contributed by atoms with van der Waals surface area (Å²) in [4.78, 5) is 0. The van der Waals surface area contributed by atoms with Gasteiger partial charge in [-0.3, -0.25) is 0 Å². The molecule has 0 aliphatic heterocycles. The molecule has 26 heavy (non-hydrogen) atoms. The Balaban J connectivity index is -0.0000000547. The fourth-order valence-corrected chi connectivity index (χ4v) is 1.74. The molecule has 0 heterocycles. The molecule has 0 aromatic heterocycles. The zero-order valence-electron chi connectivity index (χ0n) is 19.0. The van der Waals surface area contributed by atoms with Gasteiger partial charge in [-0.25, -0.2) is 6.42 Å². The Labute approximate surface area is 245 Å². The van der Waals surface area contributed by atoms with E-state index in [1.165, 1.54) is 0 Å². The van der Waals surface area contributed by atoms with Crippen LogP contribution in [-0.2, 0) is 98.1 Å². The molecule has 0 bridgehead atoms. The van der Waals surface area contributed by atoms with Crippen molar-refractivity contribution in [3.8, 4) is 0 Å². The summed E-state index contributed by atoms with van der Waals surface area (Å²) in [7, 11) is 0. The molecule has 3 heteroatoms. The maximum Gasteiger partial charge on any atom is 0 e. The van der Waals surface area contributed by atoms with Gasteiger partial charge in [0.2, 0.25) is 0 Å². The molecule has 0 aliphatic rings. The average molecular weight is 589 g/mol. The Hall–Kier alpha value is 3.31. The SMILES string of the molecule is [CH2-]CC(C[CH2-])C(C)C.[CH2-]CC([CH2-])C(C)C.[CH2-]CCC([CH2-])C(C)C.[Y].[Y].[Y]. The zero-order valence-corrected chi connectivity index (χ0v) is 27.5. The van der Waals surface area contributed by atoms with Crippen LogP contribution >= 0.6 is 0 Å². The van der Waals surface area contributed by atoms with Gasteiger partial charge in [0, 0.05) is 98.1 Å². The zero-order chi connectivity index (χ0) is 19.0. The standard InChI is InChI=1S/2C8H16.C7H14.3Y/c1-5-6-8(4)7(2)3;1-5-8(6-2)7(3)4;1-5-7(4)6(2)3;;;/h7-8H,1,4-6H2,2-3H3;7-8H,1-2,5-6H2,3-4H3;6-7H,1,4-5H2,2-3H3;;;/q3*-2;;;. The van der Waals surface area contributed by atoms with Gasteiger partial charge in [-0.05, 0) is 5.92 Å². The maximum absolute atomic E-state index is 3.99. The molecule has 0 N–H and O–H groups in total. The molecular formula is C23H46Y3-6. The quantitative estimate of drug-likeness (QED) is 0.255. The van der Waals surface area contributed by atoms with Crippen LogP contribution in [-0.4, -0.2) is 0 Å². The van der Waals surface area contributed by atoms with E-state index in [2.05, 4.69) is 83.1 Å². The monoisotopic (exact) mass is 589 g/mol. The molecule has 0 fully saturated rings. The van der Waals surface area contributed by atoms with Crippen LogP contribution in [0.1, 0.15) is 73.6 Å². The molecule has 0 saturated carbocycles. The summed E-state index contributed by atoms with van der Waals surface area (Å²) >= 11 is 0. The topological polar surface area (TPSA) is 0 Å². The third kappa shape index (κ3) is 32.0. The van der Waals surface area contributed by atoms with Crippen molar-refractivity contribution in [1.29, 1.82) is 0 Å². The van der Waals surface area contributed by atoms with Crippen LogP contribution in [0.2, 0.25) is 0 Å². The molecule has 0 aromatic rings. The predicted molar refractivity (Wildman–Crippen MR) is 110 cm³/mol. The summed E-state index contributed by atoms with van der Waals surface area (Å²) in [5.41, 5.74) is 0. The van der Waals surface area contributed by atoms with Crippen molar-refractivity contribution < 1.29 is 98.1 Å². The van der Waals surface area contributed by atoms with Gasteiger partial charge in [0.1, 0.15) is 0 Å². The molecule has 0 rings (SSSR count). The Morgan fingerprint density at radius 1 is 0.538 bits per heavy atom. The average Bonchev–Trinajstić information content (AvgIpc) is 2.48. The van der Waals surface area contributed by atoms with Crippen LogP contribution in [0.3, 0.4) is 0 Å². The first-order valence-corrected chi connectivity index (χ1v) is 9.41. The molecule has 0 aromatic carbocycles. The van der Waals surface area contributed by atoms with Crippen molar-refractivity contribution in [3.63, 3.8) is 0 Å². The molecule has 0 nitrogen and oxygen atoms in total. The molecule has 153 valence electrons. The van der Waals surface area contributed by atoms with E-state index in [9.17, 15) is 0 Å². The smallest absolute Gasteiger partial charge is 0 e. The summed E-state index contributed by atoms with van der Waals surface area (Å²) in [6, 6.07) is 0. The van der Waals surface area contributed by atoms with E-state index in [1.54, 1.807) is 0 Å². The molecule has 0 amide bonds. The van der Waals surface area contributed by atoms with Crippen LogP contribution in [0.5, 0.6) is 0 Å². The van der Waals surface area contributed by atoms with Crippen molar-refractivity contribution in [2.75, 3.05) is 0 Å². The van der Waals surface area contributed by atoms with E-state index in [0.29, 0.717) is 17.8 Å². The fourth-order valence-electron chi connectivity index (χ4n) is 1.74. The van der Waals surface area contributed by atoms with Gasteiger partial charge >= 0.3 is 0 Å². The van der Waals surface area contributed by atoms with Crippen LogP contribution in [0, 0.1) is 77.0 Å². The summed E-state index contributed by atoms with van der Waals surface area (Å²) in [5, 5.41) is 0. The summed E-state index contributed by atoms with van der Waals surface area (Å²) in [5.74, 6) is 4.04. The van der Waals surface area contributed by atoms with Gasteiger partial charge in [0.05, 0.1) is 0 Å². The molecule has 3 radical (unpaired) electrons. The molecular weight excluding hydrogens is 543 g/mol. The minimum Gasteiger partial charge on any atom is -0.345 e. The van der Waals surface area contributed by atoms with E-state index in [4.69, 9.17) is 0 Å². The van der Waals surface area contributed by atoms with Crippen LogP contribution in [0.4, 0.5) is 0 Å². The van der Waals surface area contributed by atoms with Crippen LogP contribution in [0.25, 0.3) is 0 Å². The van der Waals surface area contributed by atoms with E-state index in [-0.39, 0.29) is 98.1 Å². The minimum absolute atomic E-state index is 0. The van der Waals surface area contributed by atoms with Crippen molar-refractivity contribution in [1.82, 2.24) is 0 Å². The van der Waals surface area contributed by atoms with Crippen molar-refractivity contribution in [2.24, 2.45) is 35.5 Å². The van der Waals surface area contributed by atoms with E-state index in [1.807, 2.05) is 0 Å². The largest absolute Gasteiger partial charge is 0.345 e. The molecule has 2 unspecified atom stereocenters. The summed E-state index contributed by atoms with van der Waals surface area (Å²) < 4.78 is 0. The fraction of sp³-hybridized carbons (Fsp3) is 0.739. The molecule has 2 atom stereocenters. The van der Waals surface area contributed by atoms with E-state index < -0.39 is 0 Å². The Kier molecular flexibility index (Phi) is 50.7. The number of hydrogen-bond acceptors (Lipinski definition) is 0. The molecule has 0 aliphatic carbocycles. The second-order valence-corrected chi connectivity index (χ2v) is 7.52. The van der Waals surface area contributed by atoms with Gasteiger partial charge in [-0.1, -0.05) is 59.3 Å². The maximum atomic E-state index is 3.99. The molecule has 0 saturated heterocycles. The second-order valence-electron chi connectivity index (χ2n) is 7.52. The number of rotatable bonds is 8. The second kappa shape index (κ2) is 30.5. The van der Waals surface area contributed by atoms with Crippen molar-refractivity contribution in [2.45, 2.75) is 73.6 Å². The van der Waals surface area contributed by atoms with E-state index in [0.717, 1.165) is 49.9 Å². The Morgan fingerprint density at radius 3 is 0.923 bits per heavy atom. The third-order valence-corrected chi connectivity index (χ3v) is 4.52. The van der Waals surface area contributed by atoms with Gasteiger partial charge in [0.25, 0.3) is 0 Å². The summed E-state index contributed by atoms with van der Waals surface area (Å²) in [6.07, 6.45) is 5.20. The first-order valence-electron chi connectivity index (χ1n) is 9.41. The van der Waals surface area contributed by atoms with Gasteiger partial charge < -0.3 is 41.5 Å². The van der Waals surface area contributed by atoms with E-state index >= 15 is 0 Å². The number of hydrogen-bond donors (Lipinski definition) is 0. The van der Waals surface area contributed by atoms with Crippen molar-refractivity contribution >= 4 is 0 Å². The van der Waals surface area contributed by atoms with Crippen LogP contribution in [0.15, 0.2) is 0 Å².